The minimum Gasteiger partial charge on any atom is -0.497 e. The topological polar surface area (TPSA) is 31.4 Å². The average molecular weight is 363 g/mol. The van der Waals surface area contributed by atoms with Crippen LogP contribution in [-0.2, 0) is 0 Å². The molecule has 0 saturated carbocycles. The second-order valence-corrected chi connectivity index (χ2v) is 5.44. The van der Waals surface area contributed by atoms with Crippen molar-refractivity contribution in [3.05, 3.63) is 40.0 Å². The van der Waals surface area contributed by atoms with Crippen LogP contribution < -0.4 is 9.47 Å². The molecule has 0 fully saturated rings. The van der Waals surface area contributed by atoms with Gasteiger partial charge in [0.1, 0.15) is 11.5 Å². The number of nitrogens with zero attached hydrogens (tertiary/aromatic N) is 1. The van der Waals surface area contributed by atoms with E-state index in [4.69, 9.17) is 9.47 Å². The summed E-state index contributed by atoms with van der Waals surface area (Å²) in [5, 5.41) is 1.99. The Bertz CT molecular complexity index is 771. The molecule has 0 bridgehead atoms. The zero-order chi connectivity index (χ0) is 13.4. The Morgan fingerprint density at radius 1 is 0.895 bits per heavy atom. The molecular formula is C15H12INO2. The Hall–Kier alpha value is -1.56. The van der Waals surface area contributed by atoms with E-state index in [0.29, 0.717) is 0 Å². The van der Waals surface area contributed by atoms with Gasteiger partial charge in [-0.2, -0.15) is 0 Å². The van der Waals surface area contributed by atoms with Gasteiger partial charge < -0.3 is 9.47 Å². The maximum atomic E-state index is 5.58. The summed E-state index contributed by atoms with van der Waals surface area (Å²) in [5.74, 6) is 1.65. The van der Waals surface area contributed by atoms with Gasteiger partial charge in [0.05, 0.1) is 25.3 Å². The van der Waals surface area contributed by atoms with Crippen LogP contribution in [0.1, 0.15) is 0 Å². The molecule has 0 atom stereocenters. The molecule has 96 valence electrons. The molecule has 3 nitrogen and oxygen atoms in total. The van der Waals surface area contributed by atoms with E-state index in [1.807, 2.05) is 24.3 Å². The molecule has 0 spiro atoms. The molecule has 19 heavy (non-hydrogen) atoms. The van der Waals surface area contributed by atoms with Crippen molar-refractivity contribution in [2.45, 2.75) is 0 Å². The summed E-state index contributed by atoms with van der Waals surface area (Å²) in [6.45, 7) is 0. The monoisotopic (exact) mass is 363 g/mol. The predicted octanol–water partition coefficient (Wildman–Crippen LogP) is 4.01. The lowest BCUT2D eigenvalue weighted by Gasteiger charge is -2.10. The fourth-order valence-corrected chi connectivity index (χ4v) is 2.68. The van der Waals surface area contributed by atoms with Crippen molar-refractivity contribution in [3.63, 3.8) is 0 Å². The first-order valence-corrected chi connectivity index (χ1v) is 6.92. The number of fused-ring (bicyclic) bond motifs is 2. The molecule has 1 aromatic heterocycles. The molecule has 3 rings (SSSR count). The third kappa shape index (κ3) is 2.10. The maximum Gasteiger partial charge on any atom is 0.137 e. The Labute approximate surface area is 124 Å². The van der Waals surface area contributed by atoms with Gasteiger partial charge in [-0.25, -0.2) is 4.98 Å². The second-order valence-electron chi connectivity index (χ2n) is 4.19. The fourth-order valence-electron chi connectivity index (χ4n) is 2.21. The van der Waals surface area contributed by atoms with Gasteiger partial charge in [-0.05, 0) is 59.0 Å². The van der Waals surface area contributed by atoms with Crippen LogP contribution in [0.25, 0.3) is 21.8 Å². The summed E-state index contributed by atoms with van der Waals surface area (Å²) >= 11 is 2.29. The van der Waals surface area contributed by atoms with Crippen LogP contribution >= 0.6 is 22.6 Å². The zero-order valence-electron chi connectivity index (χ0n) is 10.6. The highest BCUT2D eigenvalue weighted by atomic mass is 125. The Kier molecular flexibility index (Phi) is 3.18. The number of hydrogen-bond donors (Lipinski definition) is 0. The SMILES string of the molecule is COc1ccc2nc3cc([125I])ccc3c(OC)c2c1. The molecular weight excluding hydrogens is 351 g/mol. The van der Waals surface area contributed by atoms with E-state index in [0.717, 1.165) is 36.9 Å². The number of aromatic nitrogens is 1. The van der Waals surface area contributed by atoms with Crippen LogP contribution in [-0.4, -0.2) is 19.2 Å². The van der Waals surface area contributed by atoms with Gasteiger partial charge in [-0.15, -0.1) is 0 Å². The maximum absolute atomic E-state index is 5.58. The molecule has 0 saturated heterocycles. The highest BCUT2D eigenvalue weighted by molar-refractivity contribution is 14.1. The van der Waals surface area contributed by atoms with Crippen molar-refractivity contribution in [2.75, 3.05) is 14.2 Å². The van der Waals surface area contributed by atoms with Crippen molar-refractivity contribution < 1.29 is 9.47 Å². The van der Waals surface area contributed by atoms with Crippen LogP contribution in [0.3, 0.4) is 0 Å². The summed E-state index contributed by atoms with van der Waals surface area (Å²) in [4.78, 5) is 4.68. The van der Waals surface area contributed by atoms with Crippen LogP contribution in [0.4, 0.5) is 0 Å². The van der Waals surface area contributed by atoms with Gasteiger partial charge in [0.2, 0.25) is 0 Å². The molecule has 0 aliphatic heterocycles. The van der Waals surface area contributed by atoms with Gasteiger partial charge >= 0.3 is 0 Å². The van der Waals surface area contributed by atoms with Gasteiger partial charge in [0, 0.05) is 14.3 Å². The predicted molar refractivity (Wildman–Crippen MR) is 85.1 cm³/mol. The van der Waals surface area contributed by atoms with Crippen molar-refractivity contribution in [1.29, 1.82) is 0 Å². The summed E-state index contributed by atoms with van der Waals surface area (Å²) in [6.07, 6.45) is 0. The smallest absolute Gasteiger partial charge is 0.137 e. The molecule has 0 aliphatic rings. The first-order valence-electron chi connectivity index (χ1n) is 5.84. The number of halogens is 1. The molecule has 0 unspecified atom stereocenters. The van der Waals surface area contributed by atoms with E-state index >= 15 is 0 Å². The highest BCUT2D eigenvalue weighted by Gasteiger charge is 2.10. The molecule has 3 aromatic rings. The number of rotatable bonds is 2. The third-order valence-electron chi connectivity index (χ3n) is 3.10. The van der Waals surface area contributed by atoms with E-state index in [2.05, 4.69) is 39.7 Å². The second kappa shape index (κ2) is 4.85. The number of hydrogen-bond acceptors (Lipinski definition) is 3. The minimum atomic E-state index is 0.803. The summed E-state index contributed by atoms with van der Waals surface area (Å²) in [7, 11) is 3.34. The van der Waals surface area contributed by atoms with Gasteiger partial charge in [0.15, 0.2) is 0 Å². The van der Waals surface area contributed by atoms with E-state index in [-0.39, 0.29) is 0 Å². The lowest BCUT2D eigenvalue weighted by atomic mass is 10.1. The number of ether oxygens (including phenoxy) is 2. The van der Waals surface area contributed by atoms with Crippen LogP contribution in [0.5, 0.6) is 11.5 Å². The lowest BCUT2D eigenvalue weighted by Crippen LogP contribution is -1.92. The van der Waals surface area contributed by atoms with Gasteiger partial charge in [-0.3, -0.25) is 0 Å². The van der Waals surface area contributed by atoms with Crippen molar-refractivity contribution in [2.24, 2.45) is 0 Å². The first-order chi connectivity index (χ1) is 9.22. The lowest BCUT2D eigenvalue weighted by molar-refractivity contribution is 0.413. The Morgan fingerprint density at radius 3 is 2.47 bits per heavy atom. The molecule has 1 heterocycles. The van der Waals surface area contributed by atoms with E-state index < -0.39 is 0 Å². The normalized spacial score (nSPS) is 10.9. The molecule has 4 heteroatoms. The van der Waals surface area contributed by atoms with Crippen LogP contribution in [0.15, 0.2) is 36.4 Å². The summed E-state index contributed by atoms with van der Waals surface area (Å²) in [5.41, 5.74) is 1.86. The molecule has 0 radical (unpaired) electrons. The van der Waals surface area contributed by atoms with Crippen molar-refractivity contribution in [3.8, 4) is 11.5 Å². The third-order valence-corrected chi connectivity index (χ3v) is 3.77. The molecule has 0 amide bonds. The summed E-state index contributed by atoms with van der Waals surface area (Å²) < 4.78 is 12.0. The fraction of sp³-hybridized carbons (Fsp3) is 0.133. The Balaban J connectivity index is 2.45. The number of pyridine rings is 1. The van der Waals surface area contributed by atoms with E-state index in [1.54, 1.807) is 14.2 Å². The minimum absolute atomic E-state index is 0.803. The number of methoxy groups -OCH3 is 2. The quantitative estimate of drug-likeness (QED) is 0.509. The van der Waals surface area contributed by atoms with E-state index in [9.17, 15) is 0 Å². The summed E-state index contributed by atoms with van der Waals surface area (Å²) in [6, 6.07) is 12.0. The first kappa shape index (κ1) is 12.5. The largest absolute Gasteiger partial charge is 0.497 e. The van der Waals surface area contributed by atoms with Crippen LogP contribution in [0, 0.1) is 3.57 Å². The standard InChI is InChI=1S/C15H12INO2/c1-18-10-4-6-13-12(8-10)15(19-2)11-5-3-9(16)7-14(11)17-13/h3-8H,1-2H3/i16-2. The van der Waals surface area contributed by atoms with Crippen molar-refractivity contribution in [1.82, 2.24) is 4.98 Å². The number of benzene rings is 2. The van der Waals surface area contributed by atoms with E-state index in [1.165, 1.54) is 0 Å². The molecule has 2 aromatic carbocycles. The zero-order valence-corrected chi connectivity index (χ0v) is 12.8. The van der Waals surface area contributed by atoms with Crippen molar-refractivity contribution >= 4 is 44.4 Å². The van der Waals surface area contributed by atoms with Gasteiger partial charge in [-0.1, -0.05) is 0 Å². The Morgan fingerprint density at radius 2 is 1.74 bits per heavy atom. The highest BCUT2D eigenvalue weighted by Crippen LogP contribution is 2.35. The van der Waals surface area contributed by atoms with Gasteiger partial charge in [0.25, 0.3) is 0 Å². The molecule has 0 aliphatic carbocycles. The average Bonchev–Trinajstić information content (AvgIpc) is 2.44. The van der Waals surface area contributed by atoms with Crippen LogP contribution in [0.2, 0.25) is 0 Å². The molecule has 0 N–H and O–H groups in total.